The number of nitrogens with zero attached hydrogens (tertiary/aromatic N) is 3. The van der Waals surface area contributed by atoms with Gasteiger partial charge in [0.1, 0.15) is 41.0 Å². The Morgan fingerprint density at radius 2 is 1.63 bits per heavy atom. The second-order valence-corrected chi connectivity index (χ2v) is 10.6. The van der Waals surface area contributed by atoms with Gasteiger partial charge in [0.25, 0.3) is 0 Å². The number of unbranched alkanes of at least 4 members (excludes halogenated alkanes) is 1. The number of halogens is 4. The Hall–Kier alpha value is -3.79. The maximum Gasteiger partial charge on any atom is 0.419 e. The third-order valence-electron chi connectivity index (χ3n) is 7.40. The number of hydrogen-bond donors (Lipinski definition) is 0. The number of hydrogen-bond acceptors (Lipinski definition) is 5. The van der Waals surface area contributed by atoms with Gasteiger partial charge >= 0.3 is 6.18 Å². The lowest BCUT2D eigenvalue weighted by molar-refractivity contribution is -0.140. The number of likely N-dealkylation sites (tertiary alicyclic amines) is 1. The highest BCUT2D eigenvalue weighted by Crippen LogP contribution is 2.37. The van der Waals surface area contributed by atoms with Gasteiger partial charge in [-0.3, -0.25) is 4.90 Å². The summed E-state index contributed by atoms with van der Waals surface area (Å²) in [6.45, 7) is 10.8. The second-order valence-electron chi connectivity index (χ2n) is 10.6. The third kappa shape index (κ3) is 7.41. The summed E-state index contributed by atoms with van der Waals surface area (Å²) in [5.74, 6) is 0.931. The van der Waals surface area contributed by atoms with Crippen molar-refractivity contribution >= 4 is 11.0 Å². The molecule has 3 aromatic carbocycles. The van der Waals surface area contributed by atoms with E-state index < -0.39 is 17.6 Å². The molecule has 10 heteroatoms. The predicted molar refractivity (Wildman–Crippen MR) is 158 cm³/mol. The minimum Gasteiger partial charge on any atom is -0.492 e. The average molecular weight is 599 g/mol. The molecule has 5 rings (SSSR count). The molecule has 1 aliphatic heterocycles. The SMILES string of the molecule is [CH2]CCOc1cc(OCCN2CCCC2)cc2c1nc(-c1ccc(Oc3ccc(F)c(C(F)(F)F)c3)cc1)n2CCCC. The van der Waals surface area contributed by atoms with Crippen LogP contribution in [-0.4, -0.2) is 47.3 Å². The molecule has 6 nitrogen and oxygen atoms in total. The number of aromatic nitrogens is 2. The van der Waals surface area contributed by atoms with Gasteiger partial charge < -0.3 is 18.8 Å². The van der Waals surface area contributed by atoms with Crippen molar-refractivity contribution in [1.82, 2.24) is 14.5 Å². The number of ether oxygens (including phenoxy) is 3. The zero-order valence-electron chi connectivity index (χ0n) is 24.3. The largest absolute Gasteiger partial charge is 0.492 e. The molecule has 1 aromatic heterocycles. The van der Waals surface area contributed by atoms with Gasteiger partial charge in [-0.25, -0.2) is 9.37 Å². The normalized spacial score (nSPS) is 14.0. The number of fused-ring (bicyclic) bond motifs is 1. The van der Waals surface area contributed by atoms with Gasteiger partial charge in [-0.15, -0.1) is 0 Å². The van der Waals surface area contributed by atoms with Crippen molar-refractivity contribution in [3.05, 3.63) is 72.9 Å². The number of alkyl halides is 3. The summed E-state index contributed by atoms with van der Waals surface area (Å²) in [6.07, 6.45) is 0.158. The standard InChI is InChI=1S/C33H36F4N3O3/c1-3-5-16-40-29-21-26(41-19-17-39-14-6-7-15-39)22-30(42-18-4-2)31(29)38-32(40)23-8-10-24(11-9-23)43-25-12-13-28(34)27(20-25)33(35,36)37/h8-13,20-22H,2-7,14-19H2,1H3. The van der Waals surface area contributed by atoms with Crippen molar-refractivity contribution in [2.24, 2.45) is 0 Å². The van der Waals surface area contributed by atoms with E-state index in [0.717, 1.165) is 73.3 Å². The fourth-order valence-electron chi connectivity index (χ4n) is 5.20. The van der Waals surface area contributed by atoms with Gasteiger partial charge in [-0.2, -0.15) is 13.2 Å². The molecule has 229 valence electrons. The Morgan fingerprint density at radius 1 is 0.884 bits per heavy atom. The van der Waals surface area contributed by atoms with Crippen LogP contribution in [0.3, 0.4) is 0 Å². The van der Waals surface area contributed by atoms with Gasteiger partial charge in [-0.1, -0.05) is 13.3 Å². The first kappa shape index (κ1) is 30.7. The Kier molecular flexibility index (Phi) is 9.75. The number of benzene rings is 3. The fraction of sp³-hybridized carbons (Fsp3) is 0.394. The summed E-state index contributed by atoms with van der Waals surface area (Å²) in [5.41, 5.74) is 1.04. The lowest BCUT2D eigenvalue weighted by atomic mass is 10.2. The van der Waals surface area contributed by atoms with Gasteiger partial charge in [0.05, 0.1) is 17.7 Å². The smallest absolute Gasteiger partial charge is 0.419 e. The van der Waals surface area contributed by atoms with Crippen LogP contribution in [0.4, 0.5) is 17.6 Å². The molecule has 0 unspecified atom stereocenters. The Bertz CT molecular complexity index is 1510. The van der Waals surface area contributed by atoms with E-state index in [9.17, 15) is 17.6 Å². The zero-order valence-corrected chi connectivity index (χ0v) is 24.3. The summed E-state index contributed by atoms with van der Waals surface area (Å²) in [6, 6.07) is 13.4. The summed E-state index contributed by atoms with van der Waals surface area (Å²) in [5, 5.41) is 0. The highest BCUT2D eigenvalue weighted by atomic mass is 19.4. The molecule has 0 bridgehead atoms. The topological polar surface area (TPSA) is 48.8 Å². The summed E-state index contributed by atoms with van der Waals surface area (Å²) < 4.78 is 73.2. The molecule has 1 saturated heterocycles. The van der Waals surface area contributed by atoms with Gasteiger partial charge in [0.2, 0.25) is 0 Å². The lowest BCUT2D eigenvalue weighted by Gasteiger charge is -2.16. The van der Waals surface area contributed by atoms with Crippen molar-refractivity contribution in [3.8, 4) is 34.4 Å². The van der Waals surface area contributed by atoms with E-state index >= 15 is 0 Å². The second kappa shape index (κ2) is 13.7. The maximum absolute atomic E-state index is 13.7. The predicted octanol–water partition coefficient (Wildman–Crippen LogP) is 8.53. The average Bonchev–Trinajstić information content (AvgIpc) is 3.64. The van der Waals surface area contributed by atoms with Gasteiger partial charge in [0, 0.05) is 30.8 Å². The van der Waals surface area contributed by atoms with Crippen LogP contribution in [0, 0.1) is 12.7 Å². The highest BCUT2D eigenvalue weighted by Gasteiger charge is 2.34. The van der Waals surface area contributed by atoms with Crippen molar-refractivity contribution in [2.45, 2.75) is 51.7 Å². The van der Waals surface area contributed by atoms with Gasteiger partial charge in [0.15, 0.2) is 5.75 Å². The monoisotopic (exact) mass is 598 g/mol. The van der Waals surface area contributed by atoms with Crippen LogP contribution in [0.25, 0.3) is 22.4 Å². The van der Waals surface area contributed by atoms with E-state index in [4.69, 9.17) is 19.2 Å². The zero-order chi connectivity index (χ0) is 30.4. The molecule has 0 saturated carbocycles. The van der Waals surface area contributed by atoms with E-state index in [1.807, 2.05) is 12.1 Å². The molecule has 2 heterocycles. The van der Waals surface area contributed by atoms with E-state index in [2.05, 4.69) is 23.3 Å². The van der Waals surface area contributed by atoms with Gasteiger partial charge in [-0.05, 0) is 88.2 Å². The fourth-order valence-corrected chi connectivity index (χ4v) is 5.20. The van der Waals surface area contributed by atoms with Crippen LogP contribution in [0.1, 0.15) is 44.6 Å². The third-order valence-corrected chi connectivity index (χ3v) is 7.40. The molecular formula is C33H36F4N3O3. The van der Waals surface area contributed by atoms with Crippen molar-refractivity contribution < 1.29 is 31.8 Å². The van der Waals surface area contributed by atoms with Crippen molar-refractivity contribution in [1.29, 1.82) is 0 Å². The number of imidazole rings is 1. The maximum atomic E-state index is 13.7. The first-order chi connectivity index (χ1) is 20.8. The molecule has 43 heavy (non-hydrogen) atoms. The Morgan fingerprint density at radius 3 is 2.33 bits per heavy atom. The minimum absolute atomic E-state index is 0.110. The van der Waals surface area contributed by atoms with Crippen molar-refractivity contribution in [2.75, 3.05) is 32.8 Å². The molecule has 1 aliphatic rings. The van der Waals surface area contributed by atoms with E-state index in [0.29, 0.717) is 37.2 Å². The molecule has 4 aromatic rings. The summed E-state index contributed by atoms with van der Waals surface area (Å²) in [7, 11) is 0. The Labute approximate surface area is 249 Å². The van der Waals surface area contributed by atoms with Crippen LogP contribution in [0.5, 0.6) is 23.0 Å². The molecular weight excluding hydrogens is 562 g/mol. The van der Waals surface area contributed by atoms with Crippen LogP contribution in [0.2, 0.25) is 0 Å². The van der Waals surface area contributed by atoms with Crippen LogP contribution < -0.4 is 14.2 Å². The molecule has 1 fully saturated rings. The lowest BCUT2D eigenvalue weighted by Crippen LogP contribution is -2.25. The molecule has 0 amide bonds. The summed E-state index contributed by atoms with van der Waals surface area (Å²) in [4.78, 5) is 7.39. The quantitative estimate of drug-likeness (QED) is 0.144. The van der Waals surface area contributed by atoms with E-state index in [-0.39, 0.29) is 5.75 Å². The molecule has 0 aliphatic carbocycles. The van der Waals surface area contributed by atoms with Crippen LogP contribution in [0.15, 0.2) is 54.6 Å². The minimum atomic E-state index is -4.82. The van der Waals surface area contributed by atoms with Crippen molar-refractivity contribution in [3.63, 3.8) is 0 Å². The number of aryl methyl sites for hydroxylation is 1. The molecule has 1 radical (unpaired) electrons. The van der Waals surface area contributed by atoms with Crippen LogP contribution >= 0.6 is 0 Å². The Balaban J connectivity index is 1.44. The first-order valence-electron chi connectivity index (χ1n) is 14.7. The molecule has 0 spiro atoms. The highest BCUT2D eigenvalue weighted by molar-refractivity contribution is 5.87. The summed E-state index contributed by atoms with van der Waals surface area (Å²) >= 11 is 0. The first-order valence-corrected chi connectivity index (χ1v) is 14.7. The van der Waals surface area contributed by atoms with E-state index in [1.54, 1.807) is 24.3 Å². The molecule has 0 atom stereocenters. The van der Waals surface area contributed by atoms with E-state index in [1.165, 1.54) is 18.9 Å². The van der Waals surface area contributed by atoms with Crippen LogP contribution in [-0.2, 0) is 12.7 Å². The molecule has 0 N–H and O–H groups in total. The number of rotatable bonds is 13.